The molecule has 1 aliphatic rings. The third kappa shape index (κ3) is 5.55. The molecule has 1 saturated heterocycles. The summed E-state index contributed by atoms with van der Waals surface area (Å²) in [7, 11) is -2.30. The van der Waals surface area contributed by atoms with Crippen molar-refractivity contribution in [1.82, 2.24) is 9.21 Å². The number of unbranched alkanes of at least 4 members (excludes halogenated alkanes) is 1. The van der Waals surface area contributed by atoms with E-state index in [-0.39, 0.29) is 22.6 Å². The number of ether oxygens (including phenoxy) is 1. The Morgan fingerprint density at radius 3 is 2.40 bits per heavy atom. The molecule has 0 spiro atoms. The van der Waals surface area contributed by atoms with Crippen LogP contribution in [0.3, 0.4) is 0 Å². The second-order valence-electron chi connectivity index (χ2n) is 8.74. The molecule has 0 radical (unpaired) electrons. The molecule has 1 aromatic rings. The van der Waals surface area contributed by atoms with Crippen LogP contribution in [0.1, 0.15) is 70.7 Å². The van der Waals surface area contributed by atoms with E-state index in [0.29, 0.717) is 37.0 Å². The van der Waals surface area contributed by atoms with Crippen LogP contribution in [-0.2, 0) is 10.0 Å². The highest BCUT2D eigenvalue weighted by atomic mass is 32.2. The molecule has 0 saturated carbocycles. The van der Waals surface area contributed by atoms with Crippen molar-refractivity contribution in [3.05, 3.63) is 23.8 Å². The van der Waals surface area contributed by atoms with Gasteiger partial charge >= 0.3 is 0 Å². The van der Waals surface area contributed by atoms with E-state index in [2.05, 4.69) is 27.7 Å². The molecule has 6 nitrogen and oxygen atoms in total. The molecule has 0 aromatic heterocycles. The molecule has 30 heavy (non-hydrogen) atoms. The van der Waals surface area contributed by atoms with E-state index < -0.39 is 10.0 Å². The first kappa shape index (κ1) is 24.7. The van der Waals surface area contributed by atoms with Crippen LogP contribution in [0.5, 0.6) is 5.75 Å². The smallest absolute Gasteiger partial charge is 0.254 e. The van der Waals surface area contributed by atoms with Crippen molar-refractivity contribution in [3.8, 4) is 5.75 Å². The van der Waals surface area contributed by atoms with E-state index in [9.17, 15) is 13.2 Å². The summed E-state index contributed by atoms with van der Waals surface area (Å²) in [5.41, 5.74) is 0.392. The number of piperidine rings is 1. The number of methoxy groups -OCH3 is 1. The van der Waals surface area contributed by atoms with Gasteiger partial charge < -0.3 is 9.64 Å². The summed E-state index contributed by atoms with van der Waals surface area (Å²) in [6.45, 7) is 12.0. The lowest BCUT2D eigenvalue weighted by atomic mass is 9.94. The third-order valence-corrected chi connectivity index (χ3v) is 7.85. The number of hydrogen-bond acceptors (Lipinski definition) is 4. The standard InChI is InChI=1S/C23H38N2O4S/c1-7-9-12-25(19(5)8-2)23(26)20-10-11-21(29-6)22(14-20)30(27,28)24-15-17(3)13-18(4)16-24/h10-11,14,17-19H,7-9,12-13,15-16H2,1-6H3. The monoisotopic (exact) mass is 438 g/mol. The van der Waals surface area contributed by atoms with E-state index in [4.69, 9.17) is 4.74 Å². The van der Waals surface area contributed by atoms with E-state index in [1.807, 2.05) is 11.8 Å². The van der Waals surface area contributed by atoms with Gasteiger partial charge in [0, 0.05) is 31.2 Å². The molecule has 7 heteroatoms. The molecule has 0 aliphatic carbocycles. The third-order valence-electron chi connectivity index (χ3n) is 6.00. The molecular formula is C23H38N2O4S. The lowest BCUT2D eigenvalue weighted by Gasteiger charge is -2.34. The van der Waals surface area contributed by atoms with Gasteiger partial charge in [-0.2, -0.15) is 4.31 Å². The fourth-order valence-corrected chi connectivity index (χ4v) is 6.05. The van der Waals surface area contributed by atoms with Crippen LogP contribution in [0.15, 0.2) is 23.1 Å². The predicted octanol–water partition coefficient (Wildman–Crippen LogP) is 4.40. The summed E-state index contributed by atoms with van der Waals surface area (Å²) in [6, 6.07) is 4.87. The van der Waals surface area contributed by atoms with Gasteiger partial charge in [0.1, 0.15) is 10.6 Å². The number of nitrogens with zero attached hydrogens (tertiary/aromatic N) is 2. The predicted molar refractivity (Wildman–Crippen MR) is 120 cm³/mol. The molecule has 0 N–H and O–H groups in total. The second kappa shape index (κ2) is 10.6. The topological polar surface area (TPSA) is 66.9 Å². The van der Waals surface area contributed by atoms with Gasteiger partial charge in [0.15, 0.2) is 0 Å². The van der Waals surface area contributed by atoms with Gasteiger partial charge in [-0.1, -0.05) is 34.1 Å². The van der Waals surface area contributed by atoms with Gasteiger partial charge in [0.25, 0.3) is 5.91 Å². The van der Waals surface area contributed by atoms with E-state index in [0.717, 1.165) is 25.7 Å². The minimum atomic E-state index is -3.76. The Hall–Kier alpha value is -1.60. The molecule has 1 aliphatic heterocycles. The highest BCUT2D eigenvalue weighted by Crippen LogP contribution is 2.32. The van der Waals surface area contributed by atoms with Crippen LogP contribution < -0.4 is 4.74 Å². The first-order chi connectivity index (χ1) is 14.1. The largest absolute Gasteiger partial charge is 0.495 e. The molecule has 1 amide bonds. The quantitative estimate of drug-likeness (QED) is 0.573. The maximum atomic E-state index is 13.5. The Kier molecular flexibility index (Phi) is 8.73. The minimum absolute atomic E-state index is 0.0803. The molecule has 1 aromatic carbocycles. The van der Waals surface area contributed by atoms with Crippen molar-refractivity contribution >= 4 is 15.9 Å². The number of sulfonamides is 1. The molecular weight excluding hydrogens is 400 g/mol. The highest BCUT2D eigenvalue weighted by Gasteiger charge is 2.34. The normalized spacial score (nSPS) is 21.3. The summed E-state index contributed by atoms with van der Waals surface area (Å²) in [5.74, 6) is 0.752. The van der Waals surface area contributed by atoms with Gasteiger partial charge in [-0.25, -0.2) is 8.42 Å². The zero-order chi connectivity index (χ0) is 22.5. The van der Waals surface area contributed by atoms with E-state index >= 15 is 0 Å². The average molecular weight is 439 g/mol. The molecule has 3 atom stereocenters. The Labute approximate surface area is 182 Å². The number of amides is 1. The summed E-state index contributed by atoms with van der Waals surface area (Å²) in [4.78, 5) is 15.2. The van der Waals surface area contributed by atoms with Crippen molar-refractivity contribution in [1.29, 1.82) is 0 Å². The van der Waals surface area contributed by atoms with Crippen molar-refractivity contribution in [2.45, 2.75) is 71.2 Å². The zero-order valence-electron chi connectivity index (χ0n) is 19.3. The Morgan fingerprint density at radius 1 is 1.23 bits per heavy atom. The fourth-order valence-electron chi connectivity index (χ4n) is 4.19. The van der Waals surface area contributed by atoms with Crippen LogP contribution in [0.2, 0.25) is 0 Å². The van der Waals surface area contributed by atoms with Gasteiger partial charge in [-0.3, -0.25) is 4.79 Å². The summed E-state index contributed by atoms with van der Waals surface area (Å²) in [6.07, 6.45) is 3.78. The van der Waals surface area contributed by atoms with Crippen molar-refractivity contribution in [2.24, 2.45) is 11.8 Å². The fraction of sp³-hybridized carbons (Fsp3) is 0.696. The van der Waals surface area contributed by atoms with Crippen molar-refractivity contribution in [3.63, 3.8) is 0 Å². The summed E-state index contributed by atoms with van der Waals surface area (Å²) >= 11 is 0. The molecule has 0 bridgehead atoms. The van der Waals surface area contributed by atoms with Gasteiger partial charge in [0.2, 0.25) is 10.0 Å². The number of carbonyl (C=O) groups excluding carboxylic acids is 1. The summed E-state index contributed by atoms with van der Waals surface area (Å²) in [5, 5.41) is 0. The first-order valence-corrected chi connectivity index (χ1v) is 12.6. The number of rotatable bonds is 9. The zero-order valence-corrected chi connectivity index (χ0v) is 20.2. The maximum absolute atomic E-state index is 13.5. The van der Waals surface area contributed by atoms with Crippen LogP contribution in [0, 0.1) is 11.8 Å². The average Bonchev–Trinajstić information content (AvgIpc) is 2.72. The molecule has 3 unspecified atom stereocenters. The maximum Gasteiger partial charge on any atom is 0.254 e. The van der Waals surface area contributed by atoms with Crippen LogP contribution in [0.4, 0.5) is 0 Å². The molecule has 170 valence electrons. The van der Waals surface area contributed by atoms with E-state index in [1.54, 1.807) is 16.4 Å². The minimum Gasteiger partial charge on any atom is -0.495 e. The van der Waals surface area contributed by atoms with Crippen LogP contribution in [-0.4, -0.2) is 56.3 Å². The molecule has 1 heterocycles. The second-order valence-corrected chi connectivity index (χ2v) is 10.6. The Balaban J connectivity index is 2.44. The van der Waals surface area contributed by atoms with Crippen LogP contribution >= 0.6 is 0 Å². The lowest BCUT2D eigenvalue weighted by Crippen LogP contribution is -2.42. The molecule has 2 rings (SSSR count). The number of hydrogen-bond donors (Lipinski definition) is 0. The Morgan fingerprint density at radius 2 is 1.87 bits per heavy atom. The lowest BCUT2D eigenvalue weighted by molar-refractivity contribution is 0.0685. The van der Waals surface area contributed by atoms with Gasteiger partial charge in [0.05, 0.1) is 7.11 Å². The highest BCUT2D eigenvalue weighted by molar-refractivity contribution is 7.89. The molecule has 1 fully saturated rings. The van der Waals surface area contributed by atoms with E-state index in [1.165, 1.54) is 13.2 Å². The number of benzene rings is 1. The van der Waals surface area contributed by atoms with Crippen molar-refractivity contribution in [2.75, 3.05) is 26.7 Å². The number of carbonyl (C=O) groups is 1. The van der Waals surface area contributed by atoms with Crippen molar-refractivity contribution < 1.29 is 17.9 Å². The summed E-state index contributed by atoms with van der Waals surface area (Å²) < 4.78 is 33.9. The first-order valence-electron chi connectivity index (χ1n) is 11.1. The SMILES string of the molecule is CCCCN(C(=O)c1ccc(OC)c(S(=O)(=O)N2CC(C)CC(C)C2)c1)C(C)CC. The van der Waals surface area contributed by atoms with Gasteiger partial charge in [-0.05, 0) is 56.2 Å². The van der Waals surface area contributed by atoms with Crippen LogP contribution in [0.25, 0.3) is 0 Å². The van der Waals surface area contributed by atoms with Gasteiger partial charge in [-0.15, -0.1) is 0 Å². The Bertz CT molecular complexity index is 814.